The topological polar surface area (TPSA) is 50.4 Å². The summed E-state index contributed by atoms with van der Waals surface area (Å²) < 4.78 is 0. The van der Waals surface area contributed by atoms with Gasteiger partial charge in [-0.1, -0.05) is 0 Å². The van der Waals surface area contributed by atoms with Crippen molar-refractivity contribution in [1.29, 1.82) is 0 Å². The molecule has 0 amide bonds. The highest BCUT2D eigenvalue weighted by Gasteiger charge is 2.01. The number of nitrogens with zero attached hydrogens (tertiary/aromatic N) is 1. The van der Waals surface area contributed by atoms with Gasteiger partial charge in [0.05, 0.1) is 0 Å². The molecule has 0 aromatic carbocycles. The lowest BCUT2D eigenvalue weighted by Crippen LogP contribution is -2.28. The van der Waals surface area contributed by atoms with E-state index in [2.05, 4.69) is 10.4 Å². The minimum Gasteiger partial charge on any atom is -0.312 e. The first kappa shape index (κ1) is 7.72. The normalized spacial score (nSPS) is 16.9. The molecule has 1 rings (SSSR count). The average Bonchev–Trinajstić information content (AvgIpc) is 2.14. The summed E-state index contributed by atoms with van der Waals surface area (Å²) >= 11 is 0. The Kier molecular flexibility index (Phi) is 3.56. The van der Waals surface area contributed by atoms with E-state index in [1.54, 1.807) is 0 Å². The molecule has 0 bridgehead atoms. The van der Waals surface area contributed by atoms with Crippen LogP contribution in [-0.2, 0) is 0 Å². The summed E-state index contributed by atoms with van der Waals surface area (Å²) in [4.78, 5) is 4.03. The van der Waals surface area contributed by atoms with Crippen molar-refractivity contribution in [2.45, 2.75) is 12.8 Å². The summed E-state index contributed by atoms with van der Waals surface area (Å²) in [5.74, 6) is 6.00. The van der Waals surface area contributed by atoms with Crippen molar-refractivity contribution in [3.8, 4) is 0 Å². The van der Waals surface area contributed by atoms with Gasteiger partial charge in [0.25, 0.3) is 0 Å². The van der Waals surface area contributed by atoms with Crippen LogP contribution in [0.5, 0.6) is 0 Å². The molecular weight excluding hydrogens is 126 g/mol. The highest BCUT2D eigenvalue weighted by atomic mass is 35.5. The second-order valence-electron chi connectivity index (χ2n) is 1.58. The summed E-state index contributed by atoms with van der Waals surface area (Å²) in [7, 11) is 0. The number of hydrogen-bond donors (Lipinski definition) is 2. The van der Waals surface area contributed by atoms with Gasteiger partial charge in [0.1, 0.15) is 5.84 Å². The van der Waals surface area contributed by atoms with Gasteiger partial charge in [-0.3, -0.25) is 4.99 Å². The summed E-state index contributed by atoms with van der Waals surface area (Å²) in [6.45, 7) is 0.944. The van der Waals surface area contributed by atoms with Crippen LogP contribution in [0, 0.1) is 0 Å². The van der Waals surface area contributed by atoms with Crippen molar-refractivity contribution in [2.24, 2.45) is 10.8 Å². The summed E-state index contributed by atoms with van der Waals surface area (Å²) in [6.07, 6.45) is 2.18. The molecule has 0 saturated carbocycles. The van der Waals surface area contributed by atoms with Gasteiger partial charge < -0.3 is 5.43 Å². The molecule has 1 aliphatic rings. The highest BCUT2D eigenvalue weighted by molar-refractivity contribution is 5.85. The van der Waals surface area contributed by atoms with Gasteiger partial charge in [-0.15, -0.1) is 12.4 Å². The SMILES string of the molecule is Cl.NNC1=NCCC1. The quantitative estimate of drug-likeness (QED) is 0.365. The number of halogens is 1. The first-order valence-corrected chi connectivity index (χ1v) is 2.43. The maximum atomic E-state index is 5.05. The van der Waals surface area contributed by atoms with Crippen LogP contribution in [0.15, 0.2) is 4.99 Å². The fraction of sp³-hybridized carbons (Fsp3) is 0.750. The van der Waals surface area contributed by atoms with E-state index in [9.17, 15) is 0 Å². The Labute approximate surface area is 54.7 Å². The number of hydrogen-bond acceptors (Lipinski definition) is 3. The molecule has 0 unspecified atom stereocenters. The molecule has 1 aliphatic heterocycles. The zero-order valence-corrected chi connectivity index (χ0v) is 5.37. The van der Waals surface area contributed by atoms with E-state index in [0.717, 1.165) is 25.2 Å². The first-order valence-electron chi connectivity index (χ1n) is 2.43. The van der Waals surface area contributed by atoms with Crippen LogP contribution in [-0.4, -0.2) is 12.4 Å². The molecule has 48 valence electrons. The Morgan fingerprint density at radius 2 is 2.38 bits per heavy atom. The third-order valence-corrected chi connectivity index (χ3v) is 1.04. The second kappa shape index (κ2) is 3.69. The zero-order valence-electron chi connectivity index (χ0n) is 4.55. The van der Waals surface area contributed by atoms with Crippen LogP contribution in [0.3, 0.4) is 0 Å². The van der Waals surface area contributed by atoms with Gasteiger partial charge in [0.2, 0.25) is 0 Å². The predicted molar refractivity (Wildman–Crippen MR) is 36.1 cm³/mol. The van der Waals surface area contributed by atoms with Crippen molar-refractivity contribution >= 4 is 18.2 Å². The standard InChI is InChI=1S/C4H9N3.ClH/c5-7-4-2-1-3-6-4;/h1-3,5H2,(H,6,7);1H. The number of nitrogens with one attached hydrogen (secondary N) is 1. The first-order chi connectivity index (χ1) is 3.43. The van der Waals surface area contributed by atoms with Gasteiger partial charge in [0.15, 0.2) is 0 Å². The minimum absolute atomic E-state index is 0. The van der Waals surface area contributed by atoms with Crippen LogP contribution >= 0.6 is 12.4 Å². The monoisotopic (exact) mass is 135 g/mol. The number of hydrazine groups is 1. The molecule has 4 heteroatoms. The Hall–Kier alpha value is -0.280. The van der Waals surface area contributed by atoms with Crippen molar-refractivity contribution < 1.29 is 0 Å². The van der Waals surface area contributed by atoms with E-state index in [-0.39, 0.29) is 12.4 Å². The number of nitrogens with two attached hydrogens (primary N) is 1. The van der Waals surface area contributed by atoms with Gasteiger partial charge in [-0.05, 0) is 6.42 Å². The average molecular weight is 136 g/mol. The summed E-state index contributed by atoms with van der Waals surface area (Å²) in [5, 5.41) is 0. The van der Waals surface area contributed by atoms with E-state index < -0.39 is 0 Å². The molecule has 3 N–H and O–H groups in total. The lowest BCUT2D eigenvalue weighted by molar-refractivity contribution is 0.935. The molecule has 3 nitrogen and oxygen atoms in total. The largest absolute Gasteiger partial charge is 0.312 e. The van der Waals surface area contributed by atoms with Crippen LogP contribution in [0.2, 0.25) is 0 Å². The van der Waals surface area contributed by atoms with Gasteiger partial charge >= 0.3 is 0 Å². The number of amidine groups is 1. The Balaban J connectivity index is 0.000000490. The maximum absolute atomic E-state index is 5.05. The molecule has 0 fully saturated rings. The van der Waals surface area contributed by atoms with Crippen LogP contribution < -0.4 is 11.3 Å². The lowest BCUT2D eigenvalue weighted by Gasteiger charge is -1.91. The van der Waals surface area contributed by atoms with Crippen molar-refractivity contribution in [3.63, 3.8) is 0 Å². The third-order valence-electron chi connectivity index (χ3n) is 1.04. The number of rotatable bonds is 0. The third kappa shape index (κ3) is 1.68. The van der Waals surface area contributed by atoms with E-state index in [1.165, 1.54) is 0 Å². The Morgan fingerprint density at radius 1 is 1.62 bits per heavy atom. The van der Waals surface area contributed by atoms with Gasteiger partial charge in [-0.25, -0.2) is 5.84 Å². The molecule has 0 aliphatic carbocycles. The minimum atomic E-state index is 0. The van der Waals surface area contributed by atoms with E-state index in [1.807, 2.05) is 0 Å². The Bertz CT molecular complexity index is 91.3. The molecule has 0 aromatic rings. The van der Waals surface area contributed by atoms with Gasteiger partial charge in [0, 0.05) is 13.0 Å². The van der Waals surface area contributed by atoms with Crippen molar-refractivity contribution in [1.82, 2.24) is 5.43 Å². The van der Waals surface area contributed by atoms with Crippen LogP contribution in [0.25, 0.3) is 0 Å². The molecule has 1 heterocycles. The predicted octanol–water partition coefficient (Wildman–Crippen LogP) is 0.0638. The molecule has 0 atom stereocenters. The van der Waals surface area contributed by atoms with Crippen molar-refractivity contribution in [2.75, 3.05) is 6.54 Å². The zero-order chi connectivity index (χ0) is 5.11. The molecule has 0 radical (unpaired) electrons. The fourth-order valence-electron chi connectivity index (χ4n) is 0.657. The number of aliphatic imine (C=N–C) groups is 1. The van der Waals surface area contributed by atoms with E-state index in [0.29, 0.717) is 0 Å². The summed E-state index contributed by atoms with van der Waals surface area (Å²) in [6, 6.07) is 0. The Morgan fingerprint density at radius 3 is 2.62 bits per heavy atom. The van der Waals surface area contributed by atoms with E-state index in [4.69, 9.17) is 5.84 Å². The van der Waals surface area contributed by atoms with Gasteiger partial charge in [-0.2, -0.15) is 0 Å². The highest BCUT2D eigenvalue weighted by Crippen LogP contribution is 1.98. The second-order valence-corrected chi connectivity index (χ2v) is 1.58. The molecule has 0 spiro atoms. The van der Waals surface area contributed by atoms with Crippen LogP contribution in [0.1, 0.15) is 12.8 Å². The van der Waals surface area contributed by atoms with Crippen molar-refractivity contribution in [3.05, 3.63) is 0 Å². The molecule has 0 aromatic heterocycles. The molecule has 0 saturated heterocycles. The summed E-state index contributed by atoms with van der Waals surface area (Å²) in [5.41, 5.74) is 2.51. The molecular formula is C4H10ClN3. The lowest BCUT2D eigenvalue weighted by atomic mass is 10.3. The van der Waals surface area contributed by atoms with Crippen LogP contribution in [0.4, 0.5) is 0 Å². The maximum Gasteiger partial charge on any atom is 0.110 e. The molecule has 8 heavy (non-hydrogen) atoms. The van der Waals surface area contributed by atoms with E-state index >= 15 is 0 Å². The fourth-order valence-corrected chi connectivity index (χ4v) is 0.657. The smallest absolute Gasteiger partial charge is 0.110 e.